The molecule has 0 radical (unpaired) electrons. The zero-order valence-electron chi connectivity index (χ0n) is 16.0. The summed E-state index contributed by atoms with van der Waals surface area (Å²) < 4.78 is 43.2. The number of benzene rings is 1. The molecule has 0 bridgehead atoms. The summed E-state index contributed by atoms with van der Waals surface area (Å²) in [5.74, 6) is 1.34. The molecule has 0 aliphatic carbocycles. The highest BCUT2D eigenvalue weighted by molar-refractivity contribution is 14.0. The van der Waals surface area contributed by atoms with E-state index in [0.717, 1.165) is 11.3 Å². The van der Waals surface area contributed by atoms with E-state index in [9.17, 15) is 13.2 Å². The van der Waals surface area contributed by atoms with Crippen LogP contribution in [0.4, 0.5) is 13.2 Å². The molecule has 1 saturated heterocycles. The Bertz CT molecular complexity index is 640. The number of hydrogen-bond donors (Lipinski definition) is 2. The molecule has 0 spiro atoms. The van der Waals surface area contributed by atoms with Gasteiger partial charge in [-0.2, -0.15) is 13.2 Å². The molecule has 158 valence electrons. The van der Waals surface area contributed by atoms with Crippen LogP contribution in [0.5, 0.6) is 5.75 Å². The zero-order chi connectivity index (χ0) is 19.7. The standard InChI is InChI=1S/C19H27F3N4O.HI/c1-3-11-27-17-8-6-5-7-15(17)12-24-18(23-4-2)25-16-9-10-26(13-16)14-19(20,21)22;/h3,5-8,16H,1,4,9-14H2,2H3,(H2,23,24,25);1H. The predicted molar refractivity (Wildman–Crippen MR) is 116 cm³/mol. The molecule has 2 N–H and O–H groups in total. The molecule has 1 unspecified atom stereocenters. The first-order chi connectivity index (χ1) is 12.9. The van der Waals surface area contributed by atoms with Gasteiger partial charge in [0.25, 0.3) is 0 Å². The smallest absolute Gasteiger partial charge is 0.401 e. The molecule has 1 heterocycles. The Labute approximate surface area is 181 Å². The van der Waals surface area contributed by atoms with Crippen molar-refractivity contribution in [2.24, 2.45) is 4.99 Å². The minimum absolute atomic E-state index is 0. The van der Waals surface area contributed by atoms with E-state index in [-0.39, 0.29) is 30.0 Å². The molecule has 1 atom stereocenters. The van der Waals surface area contributed by atoms with E-state index >= 15 is 0 Å². The lowest BCUT2D eigenvalue weighted by atomic mass is 10.2. The van der Waals surface area contributed by atoms with Gasteiger partial charge in [-0.05, 0) is 19.4 Å². The van der Waals surface area contributed by atoms with Crippen LogP contribution in [0.1, 0.15) is 18.9 Å². The van der Waals surface area contributed by atoms with E-state index in [0.29, 0.717) is 45.2 Å². The Morgan fingerprint density at radius 3 is 2.82 bits per heavy atom. The molecule has 28 heavy (non-hydrogen) atoms. The van der Waals surface area contributed by atoms with E-state index in [4.69, 9.17) is 4.74 Å². The van der Waals surface area contributed by atoms with Crippen molar-refractivity contribution in [2.45, 2.75) is 32.1 Å². The maximum atomic E-state index is 12.5. The Morgan fingerprint density at radius 1 is 1.39 bits per heavy atom. The number of likely N-dealkylation sites (tertiary alicyclic amines) is 1. The van der Waals surface area contributed by atoms with Gasteiger partial charge in [-0.3, -0.25) is 4.90 Å². The molecular formula is C19H28F3IN4O. The first-order valence-corrected chi connectivity index (χ1v) is 9.07. The number of alkyl halides is 3. The third-order valence-electron chi connectivity index (χ3n) is 4.10. The van der Waals surface area contributed by atoms with Crippen molar-refractivity contribution in [3.05, 3.63) is 42.5 Å². The van der Waals surface area contributed by atoms with Crippen molar-refractivity contribution < 1.29 is 17.9 Å². The minimum Gasteiger partial charge on any atom is -0.489 e. The normalized spacial score (nSPS) is 17.7. The maximum Gasteiger partial charge on any atom is 0.401 e. The summed E-state index contributed by atoms with van der Waals surface area (Å²) in [4.78, 5) is 5.98. The van der Waals surface area contributed by atoms with Gasteiger partial charge in [0.2, 0.25) is 0 Å². The summed E-state index contributed by atoms with van der Waals surface area (Å²) >= 11 is 0. The first-order valence-electron chi connectivity index (χ1n) is 9.07. The molecule has 1 aromatic carbocycles. The molecule has 0 amide bonds. The fourth-order valence-corrected chi connectivity index (χ4v) is 2.95. The average Bonchev–Trinajstić information content (AvgIpc) is 3.03. The maximum absolute atomic E-state index is 12.5. The van der Waals surface area contributed by atoms with Crippen molar-refractivity contribution in [3.8, 4) is 5.75 Å². The number of nitrogens with zero attached hydrogens (tertiary/aromatic N) is 2. The minimum atomic E-state index is -4.16. The van der Waals surface area contributed by atoms with Crippen molar-refractivity contribution in [3.63, 3.8) is 0 Å². The fraction of sp³-hybridized carbons (Fsp3) is 0.526. The lowest BCUT2D eigenvalue weighted by molar-refractivity contribution is -0.143. The van der Waals surface area contributed by atoms with Crippen LogP contribution in [-0.4, -0.2) is 55.9 Å². The molecule has 1 aliphatic heterocycles. The number of guanidine groups is 1. The highest BCUT2D eigenvalue weighted by Gasteiger charge is 2.34. The van der Waals surface area contributed by atoms with Gasteiger partial charge in [0.15, 0.2) is 5.96 Å². The first kappa shape index (κ1) is 24.5. The van der Waals surface area contributed by atoms with Crippen LogP contribution in [-0.2, 0) is 6.54 Å². The topological polar surface area (TPSA) is 48.9 Å². The number of halogens is 4. The Hall–Kier alpha value is -1.49. The highest BCUT2D eigenvalue weighted by atomic mass is 127. The van der Waals surface area contributed by atoms with Crippen LogP contribution >= 0.6 is 24.0 Å². The number of rotatable bonds is 8. The predicted octanol–water partition coefficient (Wildman–Crippen LogP) is 3.56. The van der Waals surface area contributed by atoms with Gasteiger partial charge in [0, 0.05) is 31.2 Å². The second-order valence-corrected chi connectivity index (χ2v) is 6.38. The van der Waals surface area contributed by atoms with Crippen LogP contribution in [0, 0.1) is 0 Å². The molecule has 1 aromatic rings. The molecule has 1 aliphatic rings. The Morgan fingerprint density at radius 2 is 2.14 bits per heavy atom. The summed E-state index contributed by atoms with van der Waals surface area (Å²) in [6.45, 7) is 6.98. The molecular weight excluding hydrogens is 484 g/mol. The second-order valence-electron chi connectivity index (χ2n) is 6.38. The van der Waals surface area contributed by atoms with Crippen molar-refractivity contribution in [1.82, 2.24) is 15.5 Å². The number of aliphatic imine (C=N–C) groups is 1. The highest BCUT2D eigenvalue weighted by Crippen LogP contribution is 2.20. The second kappa shape index (κ2) is 12.2. The van der Waals surface area contributed by atoms with Crippen LogP contribution in [0.25, 0.3) is 0 Å². The largest absolute Gasteiger partial charge is 0.489 e. The Balaban J connectivity index is 0.00000392. The summed E-state index contributed by atoms with van der Waals surface area (Å²) in [6.07, 6.45) is -1.83. The summed E-state index contributed by atoms with van der Waals surface area (Å²) in [7, 11) is 0. The van der Waals surface area contributed by atoms with E-state index in [1.165, 1.54) is 4.90 Å². The zero-order valence-corrected chi connectivity index (χ0v) is 18.3. The number of ether oxygens (including phenoxy) is 1. The summed E-state index contributed by atoms with van der Waals surface area (Å²) in [5.41, 5.74) is 0.932. The third-order valence-corrected chi connectivity index (χ3v) is 4.10. The van der Waals surface area contributed by atoms with Gasteiger partial charge < -0.3 is 15.4 Å². The van der Waals surface area contributed by atoms with Crippen LogP contribution in [0.3, 0.4) is 0 Å². The van der Waals surface area contributed by atoms with Crippen LogP contribution < -0.4 is 15.4 Å². The SMILES string of the molecule is C=CCOc1ccccc1CN=C(NCC)NC1CCN(CC(F)(F)F)C1.I. The van der Waals surface area contributed by atoms with E-state index in [1.807, 2.05) is 31.2 Å². The fourth-order valence-electron chi connectivity index (χ4n) is 2.95. The van der Waals surface area contributed by atoms with Gasteiger partial charge in [-0.15, -0.1) is 24.0 Å². The van der Waals surface area contributed by atoms with Crippen molar-refractivity contribution in [1.29, 1.82) is 0 Å². The monoisotopic (exact) mass is 512 g/mol. The average molecular weight is 512 g/mol. The van der Waals surface area contributed by atoms with Gasteiger partial charge >= 0.3 is 6.18 Å². The van der Waals surface area contributed by atoms with Gasteiger partial charge in [-0.1, -0.05) is 30.9 Å². The van der Waals surface area contributed by atoms with E-state index in [1.54, 1.807) is 6.08 Å². The Kier molecular flexibility index (Phi) is 10.7. The van der Waals surface area contributed by atoms with E-state index in [2.05, 4.69) is 22.2 Å². The number of hydrogen-bond acceptors (Lipinski definition) is 3. The van der Waals surface area contributed by atoms with Gasteiger partial charge in [0.1, 0.15) is 12.4 Å². The molecule has 0 aromatic heterocycles. The summed E-state index contributed by atoms with van der Waals surface area (Å²) in [6, 6.07) is 7.56. The van der Waals surface area contributed by atoms with Crippen molar-refractivity contribution in [2.75, 3.05) is 32.8 Å². The van der Waals surface area contributed by atoms with Crippen molar-refractivity contribution >= 4 is 29.9 Å². The van der Waals surface area contributed by atoms with Gasteiger partial charge in [-0.25, -0.2) is 4.99 Å². The lowest BCUT2D eigenvalue weighted by Gasteiger charge is -2.20. The molecule has 2 rings (SSSR count). The molecule has 5 nitrogen and oxygen atoms in total. The molecule has 9 heteroatoms. The molecule has 0 saturated carbocycles. The summed E-state index contributed by atoms with van der Waals surface area (Å²) in [5, 5.41) is 6.39. The molecule has 1 fully saturated rings. The lowest BCUT2D eigenvalue weighted by Crippen LogP contribution is -2.45. The number of nitrogens with one attached hydrogen (secondary N) is 2. The quantitative estimate of drug-likeness (QED) is 0.242. The van der Waals surface area contributed by atoms with Crippen LogP contribution in [0.2, 0.25) is 0 Å². The van der Waals surface area contributed by atoms with Gasteiger partial charge in [0.05, 0.1) is 13.1 Å². The number of para-hydroxylation sites is 1. The third kappa shape index (κ3) is 8.68. The van der Waals surface area contributed by atoms with E-state index < -0.39 is 12.7 Å². The van der Waals surface area contributed by atoms with Crippen LogP contribution in [0.15, 0.2) is 41.9 Å².